The van der Waals surface area contributed by atoms with E-state index in [1.807, 2.05) is 30.3 Å². The van der Waals surface area contributed by atoms with Gasteiger partial charge in [0.1, 0.15) is 0 Å². The monoisotopic (exact) mass is 288 g/mol. The number of hydrogen-bond donors (Lipinski definition) is 0. The fraction of sp³-hybridized carbons (Fsp3) is 0.0625. The van der Waals surface area contributed by atoms with E-state index in [-0.39, 0.29) is 0 Å². The number of nitrogens with zero attached hydrogens (tertiary/aromatic N) is 1. The van der Waals surface area contributed by atoms with Crippen LogP contribution in [-0.4, -0.2) is 0 Å². The SMILES string of the molecule is Cc1cc2ccccc2[n+](-c2ccc(Cl)c(Cl)c2)c1. The Bertz CT molecular complexity index is 766. The number of aryl methyl sites for hydroxylation is 1. The third-order valence-electron chi connectivity index (χ3n) is 3.09. The van der Waals surface area contributed by atoms with Crippen LogP contribution in [-0.2, 0) is 0 Å². The van der Waals surface area contributed by atoms with E-state index < -0.39 is 0 Å². The summed E-state index contributed by atoms with van der Waals surface area (Å²) in [6.07, 6.45) is 2.10. The quantitative estimate of drug-likeness (QED) is 0.570. The minimum absolute atomic E-state index is 0.567. The first-order valence-electron chi connectivity index (χ1n) is 6.01. The van der Waals surface area contributed by atoms with Crippen LogP contribution >= 0.6 is 23.2 Å². The van der Waals surface area contributed by atoms with Crippen LogP contribution in [0.15, 0.2) is 54.7 Å². The number of rotatable bonds is 1. The maximum atomic E-state index is 6.11. The van der Waals surface area contributed by atoms with Crippen LogP contribution in [0, 0.1) is 6.92 Å². The summed E-state index contributed by atoms with van der Waals surface area (Å²) >= 11 is 12.1. The number of fused-ring (bicyclic) bond motifs is 1. The largest absolute Gasteiger partial charge is 0.218 e. The first-order valence-corrected chi connectivity index (χ1v) is 6.77. The molecule has 0 amide bonds. The van der Waals surface area contributed by atoms with Crippen molar-refractivity contribution >= 4 is 34.1 Å². The highest BCUT2D eigenvalue weighted by molar-refractivity contribution is 6.42. The molecule has 0 fully saturated rings. The zero-order valence-corrected chi connectivity index (χ0v) is 11.9. The Morgan fingerprint density at radius 2 is 1.68 bits per heavy atom. The molecule has 3 rings (SSSR count). The van der Waals surface area contributed by atoms with Gasteiger partial charge in [0.05, 0.1) is 10.0 Å². The lowest BCUT2D eigenvalue weighted by molar-refractivity contribution is -0.567. The van der Waals surface area contributed by atoms with Crippen LogP contribution in [0.25, 0.3) is 16.6 Å². The molecule has 0 bridgehead atoms. The van der Waals surface area contributed by atoms with E-state index in [1.54, 1.807) is 0 Å². The van der Waals surface area contributed by atoms with Gasteiger partial charge in [-0.2, -0.15) is 4.57 Å². The van der Waals surface area contributed by atoms with Crippen LogP contribution in [0.4, 0.5) is 0 Å². The summed E-state index contributed by atoms with van der Waals surface area (Å²) < 4.78 is 2.13. The molecular formula is C16H12Cl2N+. The summed E-state index contributed by atoms with van der Waals surface area (Å²) in [5.41, 5.74) is 3.35. The predicted molar refractivity (Wildman–Crippen MR) is 80.2 cm³/mol. The summed E-state index contributed by atoms with van der Waals surface area (Å²) in [6, 6.07) is 16.1. The normalized spacial score (nSPS) is 10.9. The van der Waals surface area contributed by atoms with E-state index in [4.69, 9.17) is 23.2 Å². The molecule has 3 aromatic rings. The fourth-order valence-corrected chi connectivity index (χ4v) is 2.53. The Balaban J connectivity index is 2.32. The summed E-state index contributed by atoms with van der Waals surface area (Å²) in [4.78, 5) is 0. The van der Waals surface area contributed by atoms with Gasteiger partial charge in [-0.15, -0.1) is 0 Å². The number of benzene rings is 2. The number of para-hydroxylation sites is 1. The van der Waals surface area contributed by atoms with Gasteiger partial charge in [-0.25, -0.2) is 0 Å². The van der Waals surface area contributed by atoms with Crippen LogP contribution < -0.4 is 4.57 Å². The second-order valence-corrected chi connectivity index (χ2v) is 5.36. The molecule has 1 aromatic heterocycles. The fourth-order valence-electron chi connectivity index (χ4n) is 2.23. The molecule has 0 aliphatic rings. The van der Waals surface area contributed by atoms with Crippen molar-refractivity contribution in [3.63, 3.8) is 0 Å². The molecule has 3 heteroatoms. The standard InChI is InChI=1S/C16H12Cl2N/c1-11-8-12-4-2-3-5-16(12)19(10-11)13-6-7-14(17)15(18)9-13/h2-10H,1H3/q+1. The van der Waals surface area contributed by atoms with Crippen molar-refractivity contribution in [2.75, 3.05) is 0 Å². The number of hydrogen-bond acceptors (Lipinski definition) is 0. The van der Waals surface area contributed by atoms with Crippen molar-refractivity contribution in [3.05, 3.63) is 70.3 Å². The van der Waals surface area contributed by atoms with E-state index in [9.17, 15) is 0 Å². The summed E-state index contributed by atoms with van der Waals surface area (Å²) in [6.45, 7) is 2.08. The van der Waals surface area contributed by atoms with Crippen molar-refractivity contribution in [2.45, 2.75) is 6.92 Å². The maximum Gasteiger partial charge on any atom is 0.218 e. The van der Waals surface area contributed by atoms with E-state index in [2.05, 4.69) is 35.9 Å². The highest BCUT2D eigenvalue weighted by Gasteiger charge is 2.14. The molecule has 2 aromatic carbocycles. The molecule has 0 aliphatic carbocycles. The lowest BCUT2D eigenvalue weighted by atomic mass is 10.1. The molecule has 0 aliphatic heterocycles. The van der Waals surface area contributed by atoms with Crippen LogP contribution in [0.3, 0.4) is 0 Å². The minimum atomic E-state index is 0.567. The lowest BCUT2D eigenvalue weighted by Gasteiger charge is -2.03. The number of pyridine rings is 1. The van der Waals surface area contributed by atoms with Gasteiger partial charge >= 0.3 is 0 Å². The Hall–Kier alpha value is -1.57. The van der Waals surface area contributed by atoms with Crippen LogP contribution in [0.2, 0.25) is 10.0 Å². The third kappa shape index (κ3) is 2.32. The van der Waals surface area contributed by atoms with Gasteiger partial charge in [0.15, 0.2) is 6.20 Å². The smallest absolute Gasteiger partial charge is 0.160 e. The molecule has 0 saturated heterocycles. The third-order valence-corrected chi connectivity index (χ3v) is 3.83. The molecule has 94 valence electrons. The Morgan fingerprint density at radius 1 is 0.895 bits per heavy atom. The minimum Gasteiger partial charge on any atom is -0.160 e. The van der Waals surface area contributed by atoms with Crippen molar-refractivity contribution in [1.82, 2.24) is 0 Å². The topological polar surface area (TPSA) is 3.88 Å². The van der Waals surface area contributed by atoms with Gasteiger partial charge in [-0.05, 0) is 25.1 Å². The first kappa shape index (κ1) is 12.5. The molecule has 0 atom stereocenters. The molecule has 0 spiro atoms. The molecule has 1 heterocycles. The van der Waals surface area contributed by atoms with E-state index in [0.717, 1.165) is 11.2 Å². The second-order valence-electron chi connectivity index (χ2n) is 4.54. The summed E-state index contributed by atoms with van der Waals surface area (Å²) in [5, 5.41) is 2.34. The van der Waals surface area contributed by atoms with Crippen molar-refractivity contribution in [1.29, 1.82) is 0 Å². The second kappa shape index (κ2) is 4.84. The highest BCUT2D eigenvalue weighted by Crippen LogP contribution is 2.23. The molecule has 0 saturated carbocycles. The summed E-state index contributed by atoms with van der Waals surface area (Å²) in [5.74, 6) is 0. The van der Waals surface area contributed by atoms with Gasteiger partial charge in [0.2, 0.25) is 11.2 Å². The molecule has 19 heavy (non-hydrogen) atoms. The lowest BCUT2D eigenvalue weighted by Crippen LogP contribution is -2.31. The average Bonchev–Trinajstić information content (AvgIpc) is 2.41. The predicted octanol–water partition coefficient (Wildman–Crippen LogP) is 4.73. The maximum absolute atomic E-state index is 6.11. The first-order chi connectivity index (χ1) is 9.15. The highest BCUT2D eigenvalue weighted by atomic mass is 35.5. The molecule has 0 radical (unpaired) electrons. The number of aromatic nitrogens is 1. The van der Waals surface area contributed by atoms with Crippen LogP contribution in [0.1, 0.15) is 5.56 Å². The van der Waals surface area contributed by atoms with Gasteiger partial charge in [-0.1, -0.05) is 35.3 Å². The molecule has 0 N–H and O–H groups in total. The summed E-state index contributed by atoms with van der Waals surface area (Å²) in [7, 11) is 0. The zero-order chi connectivity index (χ0) is 13.4. The Morgan fingerprint density at radius 3 is 2.47 bits per heavy atom. The van der Waals surface area contributed by atoms with Crippen molar-refractivity contribution in [2.24, 2.45) is 0 Å². The van der Waals surface area contributed by atoms with Gasteiger partial charge in [0.25, 0.3) is 0 Å². The number of halogens is 2. The van der Waals surface area contributed by atoms with Crippen LogP contribution in [0.5, 0.6) is 0 Å². The Kier molecular flexibility index (Phi) is 3.17. The van der Waals surface area contributed by atoms with E-state index in [1.165, 1.54) is 10.9 Å². The average molecular weight is 289 g/mol. The Labute approximate surface area is 122 Å². The van der Waals surface area contributed by atoms with Gasteiger partial charge in [-0.3, -0.25) is 0 Å². The van der Waals surface area contributed by atoms with E-state index in [0.29, 0.717) is 10.0 Å². The van der Waals surface area contributed by atoms with Crippen molar-refractivity contribution < 1.29 is 4.57 Å². The van der Waals surface area contributed by atoms with Gasteiger partial charge in [0, 0.05) is 29.1 Å². The molecular weight excluding hydrogens is 277 g/mol. The zero-order valence-electron chi connectivity index (χ0n) is 10.4. The molecule has 0 unspecified atom stereocenters. The van der Waals surface area contributed by atoms with Crippen molar-refractivity contribution in [3.8, 4) is 5.69 Å². The van der Waals surface area contributed by atoms with E-state index >= 15 is 0 Å². The molecule has 1 nitrogen and oxygen atoms in total. The van der Waals surface area contributed by atoms with Gasteiger partial charge < -0.3 is 0 Å².